The predicted molar refractivity (Wildman–Crippen MR) is 79.5 cm³/mol. The maximum Gasteiger partial charge on any atom is 0.343 e. The first-order valence-corrected chi connectivity index (χ1v) is 7.37. The number of nitrogens with zero attached hydrogens (tertiary/aromatic N) is 4. The summed E-state index contributed by atoms with van der Waals surface area (Å²) < 4.78 is 8.31. The van der Waals surface area contributed by atoms with Gasteiger partial charge in [0.15, 0.2) is 5.16 Å². The van der Waals surface area contributed by atoms with Crippen molar-refractivity contribution in [3.05, 3.63) is 21.7 Å². The molecule has 0 fully saturated rings. The van der Waals surface area contributed by atoms with Gasteiger partial charge in [-0.25, -0.2) is 9.89 Å². The van der Waals surface area contributed by atoms with Crippen molar-refractivity contribution in [1.29, 1.82) is 0 Å². The van der Waals surface area contributed by atoms with Crippen molar-refractivity contribution >= 4 is 11.8 Å². The van der Waals surface area contributed by atoms with Gasteiger partial charge in [-0.3, -0.25) is 9.25 Å². The molecule has 0 saturated heterocycles. The Morgan fingerprint density at radius 3 is 2.81 bits per heavy atom. The van der Waals surface area contributed by atoms with Gasteiger partial charge in [-0.2, -0.15) is 5.10 Å². The monoisotopic (exact) mass is 312 g/mol. The van der Waals surface area contributed by atoms with Gasteiger partial charge in [-0.05, 0) is 18.7 Å². The number of aromatic nitrogens is 5. The summed E-state index contributed by atoms with van der Waals surface area (Å²) in [6, 6.07) is 0. The summed E-state index contributed by atoms with van der Waals surface area (Å²) in [5.41, 5.74) is 1.84. The minimum absolute atomic E-state index is 0.226. The second-order valence-corrected chi connectivity index (χ2v) is 5.59. The van der Waals surface area contributed by atoms with Crippen LogP contribution in [0, 0.1) is 6.92 Å². The maximum absolute atomic E-state index is 11.4. The second-order valence-electron chi connectivity index (χ2n) is 4.63. The van der Waals surface area contributed by atoms with Gasteiger partial charge >= 0.3 is 5.69 Å². The Labute approximate surface area is 126 Å². The van der Waals surface area contributed by atoms with E-state index in [4.69, 9.17) is 4.74 Å². The number of H-pyrrole nitrogens is 1. The Balaban J connectivity index is 2.18. The first kappa shape index (κ1) is 15.8. The fraction of sp³-hybridized carbons (Fsp3) is 0.583. The number of nitrogens with one attached hydrogen (secondary N) is 2. The molecule has 0 spiro atoms. The van der Waals surface area contributed by atoms with Gasteiger partial charge in [-0.1, -0.05) is 0 Å². The third-order valence-corrected chi connectivity index (χ3v) is 4.35. The molecule has 0 aliphatic rings. The molecule has 0 radical (unpaired) electrons. The van der Waals surface area contributed by atoms with Crippen LogP contribution in [0.15, 0.2) is 15.0 Å². The number of hydrogen-bond donors (Lipinski definition) is 2. The Morgan fingerprint density at radius 1 is 1.43 bits per heavy atom. The highest BCUT2D eigenvalue weighted by Gasteiger charge is 2.17. The SMILES string of the molecule is COCCNCc1c(C)nn(C)c1Sc1n[nH]c(=O)n1C. The zero-order valence-electron chi connectivity index (χ0n) is 12.6. The van der Waals surface area contributed by atoms with Crippen LogP contribution >= 0.6 is 11.8 Å². The smallest absolute Gasteiger partial charge is 0.343 e. The van der Waals surface area contributed by atoms with E-state index in [1.807, 2.05) is 18.7 Å². The van der Waals surface area contributed by atoms with Crippen LogP contribution in [-0.2, 0) is 25.4 Å². The molecule has 2 aromatic heterocycles. The highest BCUT2D eigenvalue weighted by Crippen LogP contribution is 2.29. The molecule has 21 heavy (non-hydrogen) atoms. The molecule has 0 aromatic carbocycles. The molecule has 2 N–H and O–H groups in total. The fourth-order valence-corrected chi connectivity index (χ4v) is 2.91. The van der Waals surface area contributed by atoms with Gasteiger partial charge in [0.25, 0.3) is 0 Å². The summed E-state index contributed by atoms with van der Waals surface area (Å²) in [6.07, 6.45) is 0. The van der Waals surface area contributed by atoms with E-state index in [1.165, 1.54) is 16.3 Å². The molecule has 2 heterocycles. The van der Waals surface area contributed by atoms with Gasteiger partial charge in [0, 0.05) is 39.9 Å². The number of hydrogen-bond acceptors (Lipinski definition) is 6. The summed E-state index contributed by atoms with van der Waals surface area (Å²) in [5.74, 6) is 0. The maximum atomic E-state index is 11.4. The molecule has 0 amide bonds. The standard InChI is InChI=1S/C12H20N6O2S/c1-8-9(7-13-5-6-20-4)10(18(3)16-8)21-12-15-14-11(19)17(12)2/h13H,5-7H2,1-4H3,(H,14,19). The molecule has 0 bridgehead atoms. The number of methoxy groups -OCH3 is 1. The topological polar surface area (TPSA) is 89.8 Å². The lowest BCUT2D eigenvalue weighted by atomic mass is 10.2. The number of rotatable bonds is 7. The average Bonchev–Trinajstić information content (AvgIpc) is 2.90. The van der Waals surface area contributed by atoms with Gasteiger partial charge in [0.1, 0.15) is 5.03 Å². The minimum Gasteiger partial charge on any atom is -0.383 e. The molecule has 0 aliphatic heterocycles. The molecule has 2 rings (SSSR count). The minimum atomic E-state index is -0.226. The number of aryl methyl sites for hydroxylation is 2. The van der Waals surface area contributed by atoms with Crippen molar-refractivity contribution in [1.82, 2.24) is 29.9 Å². The zero-order valence-corrected chi connectivity index (χ0v) is 13.5. The van der Waals surface area contributed by atoms with E-state index in [9.17, 15) is 4.79 Å². The normalized spacial score (nSPS) is 11.2. The number of ether oxygens (including phenoxy) is 1. The molecular formula is C12H20N6O2S. The van der Waals surface area contributed by atoms with Gasteiger partial charge in [-0.15, -0.1) is 5.10 Å². The molecule has 0 saturated carbocycles. The highest BCUT2D eigenvalue weighted by atomic mass is 32.2. The zero-order chi connectivity index (χ0) is 15.4. The molecule has 116 valence electrons. The van der Waals surface area contributed by atoms with Crippen molar-refractivity contribution in [2.45, 2.75) is 23.7 Å². The Morgan fingerprint density at radius 2 is 2.19 bits per heavy atom. The van der Waals surface area contributed by atoms with E-state index in [2.05, 4.69) is 20.6 Å². The first-order chi connectivity index (χ1) is 10.0. The molecular weight excluding hydrogens is 292 g/mol. The highest BCUT2D eigenvalue weighted by molar-refractivity contribution is 7.99. The van der Waals surface area contributed by atoms with Crippen molar-refractivity contribution in [2.75, 3.05) is 20.3 Å². The van der Waals surface area contributed by atoms with Crippen LogP contribution in [0.25, 0.3) is 0 Å². The van der Waals surface area contributed by atoms with E-state index in [0.717, 1.165) is 22.8 Å². The molecule has 2 aromatic rings. The second kappa shape index (κ2) is 6.92. The van der Waals surface area contributed by atoms with Gasteiger partial charge < -0.3 is 10.1 Å². The average molecular weight is 312 g/mol. The van der Waals surface area contributed by atoms with E-state index in [-0.39, 0.29) is 5.69 Å². The van der Waals surface area contributed by atoms with Crippen molar-refractivity contribution in [3.63, 3.8) is 0 Å². The summed E-state index contributed by atoms with van der Waals surface area (Å²) in [5, 5.41) is 15.8. The van der Waals surface area contributed by atoms with Gasteiger partial charge in [0.2, 0.25) is 0 Å². The quantitative estimate of drug-likeness (QED) is 0.702. The third-order valence-electron chi connectivity index (χ3n) is 3.10. The van der Waals surface area contributed by atoms with Crippen LogP contribution in [0.1, 0.15) is 11.3 Å². The summed E-state index contributed by atoms with van der Waals surface area (Å²) >= 11 is 1.42. The lowest BCUT2D eigenvalue weighted by Gasteiger charge is -2.07. The van der Waals surface area contributed by atoms with E-state index in [0.29, 0.717) is 18.3 Å². The van der Waals surface area contributed by atoms with E-state index in [1.54, 1.807) is 14.2 Å². The van der Waals surface area contributed by atoms with Crippen molar-refractivity contribution in [3.8, 4) is 0 Å². The van der Waals surface area contributed by atoms with Crippen molar-refractivity contribution in [2.24, 2.45) is 14.1 Å². The molecule has 9 heteroatoms. The van der Waals surface area contributed by atoms with E-state index < -0.39 is 0 Å². The predicted octanol–water partition coefficient (Wildman–Crippen LogP) is 0.0375. The lowest BCUT2D eigenvalue weighted by molar-refractivity contribution is 0.199. The Bertz CT molecular complexity index is 659. The van der Waals surface area contributed by atoms with E-state index >= 15 is 0 Å². The van der Waals surface area contributed by atoms with Crippen LogP contribution in [0.2, 0.25) is 0 Å². The van der Waals surface area contributed by atoms with Crippen LogP contribution in [-0.4, -0.2) is 44.8 Å². The molecule has 0 atom stereocenters. The van der Waals surface area contributed by atoms with Crippen LogP contribution < -0.4 is 11.0 Å². The number of aromatic amines is 1. The Kier molecular flexibility index (Phi) is 5.21. The molecule has 0 unspecified atom stereocenters. The van der Waals surface area contributed by atoms with Crippen LogP contribution in [0.3, 0.4) is 0 Å². The molecule has 0 aliphatic carbocycles. The van der Waals surface area contributed by atoms with Crippen LogP contribution in [0.5, 0.6) is 0 Å². The van der Waals surface area contributed by atoms with Crippen molar-refractivity contribution < 1.29 is 4.74 Å². The lowest BCUT2D eigenvalue weighted by Crippen LogP contribution is -2.19. The first-order valence-electron chi connectivity index (χ1n) is 6.56. The summed E-state index contributed by atoms with van der Waals surface area (Å²) in [7, 11) is 5.25. The fourth-order valence-electron chi connectivity index (χ4n) is 1.91. The Hall–Kier alpha value is -1.58. The summed E-state index contributed by atoms with van der Waals surface area (Å²) in [6.45, 7) is 4.11. The summed E-state index contributed by atoms with van der Waals surface area (Å²) in [4.78, 5) is 11.4. The molecule has 8 nitrogen and oxygen atoms in total. The third kappa shape index (κ3) is 3.55. The van der Waals surface area contributed by atoms with Crippen LogP contribution in [0.4, 0.5) is 0 Å². The largest absolute Gasteiger partial charge is 0.383 e. The van der Waals surface area contributed by atoms with Gasteiger partial charge in [0.05, 0.1) is 12.3 Å².